The maximum atomic E-state index is 13.1. The summed E-state index contributed by atoms with van der Waals surface area (Å²) in [7, 11) is -0.997. The molecule has 1 aliphatic carbocycles. The average Bonchev–Trinajstić information content (AvgIpc) is 2.52. The predicted molar refractivity (Wildman–Crippen MR) is 104 cm³/mol. The number of carbonyl (C=O) groups excluding carboxylic acids is 2. The zero-order valence-corrected chi connectivity index (χ0v) is 17.7. The standard InChI is InChI=1S/C21H30NO3Si/c1-20(2,3)21(4,25-26(5)6)16-17(22-19(16)24)15-12-11-13-9-7-8-10-14(13)18(15)23/h7-10,15-17H,11-12H2,1-6H3,(H,22,24)/t15-,16+,17+,21+/m0/s1. The van der Waals surface area contributed by atoms with Crippen LogP contribution in [0.1, 0.15) is 50.0 Å². The topological polar surface area (TPSA) is 55.4 Å². The van der Waals surface area contributed by atoms with Crippen LogP contribution in [-0.2, 0) is 15.6 Å². The fourth-order valence-electron chi connectivity index (χ4n) is 4.40. The van der Waals surface area contributed by atoms with Gasteiger partial charge < -0.3 is 9.74 Å². The smallest absolute Gasteiger partial charge is 0.228 e. The van der Waals surface area contributed by atoms with Crippen LogP contribution in [0.4, 0.5) is 0 Å². The molecule has 1 fully saturated rings. The van der Waals surface area contributed by atoms with Gasteiger partial charge in [-0.15, -0.1) is 0 Å². The van der Waals surface area contributed by atoms with E-state index in [2.05, 4.69) is 46.1 Å². The number of aryl methyl sites for hydroxylation is 1. The van der Waals surface area contributed by atoms with Gasteiger partial charge in [0.15, 0.2) is 5.78 Å². The lowest BCUT2D eigenvalue weighted by molar-refractivity contribution is -0.161. The fraction of sp³-hybridized carbons (Fsp3) is 0.619. The lowest BCUT2D eigenvalue weighted by Crippen LogP contribution is -2.73. The van der Waals surface area contributed by atoms with Gasteiger partial charge in [0.25, 0.3) is 0 Å². The predicted octanol–water partition coefficient (Wildman–Crippen LogP) is 3.62. The maximum absolute atomic E-state index is 13.1. The summed E-state index contributed by atoms with van der Waals surface area (Å²) in [5.41, 5.74) is 1.15. The van der Waals surface area contributed by atoms with Gasteiger partial charge in [-0.25, -0.2) is 0 Å². The highest BCUT2D eigenvalue weighted by molar-refractivity contribution is 6.48. The number of carbonyl (C=O) groups is 2. The van der Waals surface area contributed by atoms with E-state index in [4.69, 9.17) is 4.43 Å². The highest BCUT2D eigenvalue weighted by Gasteiger charge is 2.60. The van der Waals surface area contributed by atoms with Gasteiger partial charge in [-0.2, -0.15) is 0 Å². The van der Waals surface area contributed by atoms with Crippen molar-refractivity contribution in [1.82, 2.24) is 5.32 Å². The molecule has 0 bridgehead atoms. The third-order valence-electron chi connectivity index (χ3n) is 6.23. The van der Waals surface area contributed by atoms with Gasteiger partial charge >= 0.3 is 0 Å². The van der Waals surface area contributed by atoms with Gasteiger partial charge in [0.1, 0.15) is 0 Å². The Morgan fingerprint density at radius 1 is 1.12 bits per heavy atom. The number of fused-ring (bicyclic) bond motifs is 1. The summed E-state index contributed by atoms with van der Waals surface area (Å²) in [6, 6.07) is 7.70. The molecular weight excluding hydrogens is 342 g/mol. The minimum atomic E-state index is -0.997. The Bertz CT molecular complexity index is 724. The molecule has 0 spiro atoms. The Morgan fingerprint density at radius 3 is 2.35 bits per heavy atom. The van der Waals surface area contributed by atoms with E-state index in [1.807, 2.05) is 24.3 Å². The number of Topliss-reactive ketones (excluding diaryl/α,β-unsaturated/α-hetero) is 1. The number of hydrogen-bond donors (Lipinski definition) is 1. The first-order valence-corrected chi connectivity index (χ1v) is 11.9. The Balaban J connectivity index is 1.92. The van der Waals surface area contributed by atoms with Crippen molar-refractivity contribution in [3.63, 3.8) is 0 Å². The second-order valence-electron chi connectivity index (χ2n) is 9.05. The molecule has 1 N–H and O–H groups in total. The SMILES string of the molecule is C[Si](C)O[C@](C)([C@H]1C(=O)N[C@@H]1[C@@H]1CCc2ccccc2C1=O)C(C)(C)C. The van der Waals surface area contributed by atoms with Crippen LogP contribution >= 0.6 is 0 Å². The Kier molecular flexibility index (Phi) is 4.91. The number of hydrogen-bond acceptors (Lipinski definition) is 3. The van der Waals surface area contributed by atoms with E-state index in [-0.39, 0.29) is 35.0 Å². The highest BCUT2D eigenvalue weighted by atomic mass is 28.3. The van der Waals surface area contributed by atoms with Crippen molar-refractivity contribution in [2.75, 3.05) is 0 Å². The monoisotopic (exact) mass is 372 g/mol. The number of ketones is 1. The normalized spacial score (nSPS) is 28.2. The number of benzene rings is 1. The number of rotatable bonds is 4. The molecule has 1 saturated heterocycles. The van der Waals surface area contributed by atoms with Gasteiger partial charge in [-0.1, -0.05) is 45.0 Å². The molecule has 26 heavy (non-hydrogen) atoms. The van der Waals surface area contributed by atoms with Crippen molar-refractivity contribution in [3.05, 3.63) is 35.4 Å². The summed E-state index contributed by atoms with van der Waals surface area (Å²) in [5, 5.41) is 3.05. The van der Waals surface area contributed by atoms with Crippen molar-refractivity contribution in [3.8, 4) is 0 Å². The third-order valence-corrected chi connectivity index (χ3v) is 7.06. The van der Waals surface area contributed by atoms with Crippen LogP contribution in [0.2, 0.25) is 13.1 Å². The first-order chi connectivity index (χ1) is 12.1. The quantitative estimate of drug-likeness (QED) is 0.649. The molecule has 0 unspecified atom stereocenters. The van der Waals surface area contributed by atoms with Gasteiger partial charge in [0, 0.05) is 11.5 Å². The summed E-state index contributed by atoms with van der Waals surface area (Å²) >= 11 is 0. The zero-order chi connectivity index (χ0) is 19.3. The van der Waals surface area contributed by atoms with E-state index < -0.39 is 14.6 Å². The van der Waals surface area contributed by atoms with Gasteiger partial charge in [0.05, 0.1) is 17.6 Å². The van der Waals surface area contributed by atoms with E-state index in [1.165, 1.54) is 0 Å². The summed E-state index contributed by atoms with van der Waals surface area (Å²) < 4.78 is 6.43. The number of β-lactam (4-membered cyclic amide) rings is 1. The first kappa shape index (κ1) is 19.3. The van der Waals surface area contributed by atoms with E-state index in [9.17, 15) is 9.59 Å². The van der Waals surface area contributed by atoms with Crippen LogP contribution in [0.25, 0.3) is 0 Å². The molecule has 1 aromatic carbocycles. The van der Waals surface area contributed by atoms with Crippen LogP contribution < -0.4 is 5.32 Å². The molecule has 3 rings (SSSR count). The second-order valence-corrected chi connectivity index (χ2v) is 11.1. The van der Waals surface area contributed by atoms with Crippen LogP contribution in [0.3, 0.4) is 0 Å². The summed E-state index contributed by atoms with van der Waals surface area (Å²) in [4.78, 5) is 25.7. The second kappa shape index (κ2) is 6.61. The van der Waals surface area contributed by atoms with Crippen LogP contribution in [0.15, 0.2) is 24.3 Å². The van der Waals surface area contributed by atoms with Crippen molar-refractivity contribution in [2.45, 2.75) is 65.3 Å². The Morgan fingerprint density at radius 2 is 1.77 bits per heavy atom. The van der Waals surface area contributed by atoms with E-state index in [1.54, 1.807) is 0 Å². The van der Waals surface area contributed by atoms with E-state index in [0.717, 1.165) is 24.0 Å². The van der Waals surface area contributed by atoms with Crippen LogP contribution in [-0.4, -0.2) is 32.4 Å². The number of amides is 1. The minimum absolute atomic E-state index is 0.0160. The molecule has 1 amide bonds. The average molecular weight is 373 g/mol. The van der Waals surface area contributed by atoms with Gasteiger partial charge in [-0.3, -0.25) is 9.59 Å². The lowest BCUT2D eigenvalue weighted by atomic mass is 9.60. The molecular formula is C21H30NO3Si. The van der Waals surface area contributed by atoms with E-state index in [0.29, 0.717) is 0 Å². The third kappa shape index (κ3) is 3.05. The summed E-state index contributed by atoms with van der Waals surface area (Å²) in [6.07, 6.45) is 1.67. The molecule has 0 aromatic heterocycles. The van der Waals surface area contributed by atoms with Crippen molar-refractivity contribution >= 4 is 20.7 Å². The maximum Gasteiger partial charge on any atom is 0.228 e. The molecule has 2 aliphatic rings. The molecule has 4 atom stereocenters. The van der Waals surface area contributed by atoms with Gasteiger partial charge in [0.2, 0.25) is 14.9 Å². The zero-order valence-electron chi connectivity index (χ0n) is 16.7. The van der Waals surface area contributed by atoms with Crippen molar-refractivity contribution < 1.29 is 14.0 Å². The first-order valence-electron chi connectivity index (χ1n) is 9.48. The molecule has 1 radical (unpaired) electrons. The highest BCUT2D eigenvalue weighted by Crippen LogP contribution is 2.47. The molecule has 0 saturated carbocycles. The fourth-order valence-corrected chi connectivity index (χ4v) is 5.68. The number of nitrogens with one attached hydrogen (secondary N) is 1. The lowest BCUT2D eigenvalue weighted by Gasteiger charge is -2.56. The largest absolute Gasteiger partial charge is 0.411 e. The van der Waals surface area contributed by atoms with Crippen LogP contribution in [0.5, 0.6) is 0 Å². The minimum Gasteiger partial charge on any atom is -0.411 e. The molecule has 1 heterocycles. The van der Waals surface area contributed by atoms with Gasteiger partial charge in [-0.05, 0) is 43.8 Å². The molecule has 141 valence electrons. The Labute approximate surface area is 158 Å². The van der Waals surface area contributed by atoms with E-state index >= 15 is 0 Å². The molecule has 5 heteroatoms. The molecule has 4 nitrogen and oxygen atoms in total. The summed E-state index contributed by atoms with van der Waals surface area (Å²) in [6.45, 7) is 12.6. The van der Waals surface area contributed by atoms with Crippen LogP contribution in [0, 0.1) is 17.3 Å². The van der Waals surface area contributed by atoms with Crippen molar-refractivity contribution in [2.24, 2.45) is 17.3 Å². The van der Waals surface area contributed by atoms with Crippen molar-refractivity contribution in [1.29, 1.82) is 0 Å². The molecule has 1 aliphatic heterocycles. The summed E-state index contributed by atoms with van der Waals surface area (Å²) in [5.74, 6) is -0.275. The molecule has 1 aromatic rings. The Hall–Kier alpha value is -1.46.